The number of carbonyl (C=O) groups excluding carboxylic acids is 1. The highest BCUT2D eigenvalue weighted by atomic mass is 32.2. The number of piperazine rings is 1. The smallest absolute Gasteiger partial charge is 0.256 e. The molecule has 0 radical (unpaired) electrons. The van der Waals surface area contributed by atoms with Crippen molar-refractivity contribution in [3.05, 3.63) is 71.3 Å². The first-order valence-electron chi connectivity index (χ1n) is 12.4. The molecular weight excluding hydrogens is 472 g/mol. The Hall–Kier alpha value is -3.04. The summed E-state index contributed by atoms with van der Waals surface area (Å²) in [6, 6.07) is 16.9. The van der Waals surface area contributed by atoms with Crippen LogP contribution in [0.4, 0.5) is 5.69 Å². The molecule has 188 valence electrons. The maximum Gasteiger partial charge on any atom is 0.256 e. The maximum absolute atomic E-state index is 13.0. The fraction of sp³-hybridized carbons (Fsp3) is 0.321. The highest BCUT2D eigenvalue weighted by Crippen LogP contribution is 2.38. The van der Waals surface area contributed by atoms with Crippen LogP contribution in [0, 0.1) is 6.92 Å². The second-order valence-electron chi connectivity index (χ2n) is 9.64. The Morgan fingerprint density at radius 3 is 2.50 bits per heavy atom. The van der Waals surface area contributed by atoms with Crippen LogP contribution in [0.1, 0.15) is 23.1 Å². The van der Waals surface area contributed by atoms with Crippen molar-refractivity contribution in [3.8, 4) is 11.1 Å². The van der Waals surface area contributed by atoms with Gasteiger partial charge in [-0.25, -0.2) is 13.1 Å². The molecule has 1 fully saturated rings. The minimum absolute atomic E-state index is 0.165. The second kappa shape index (κ2) is 10.1. The number of rotatable bonds is 7. The highest BCUT2D eigenvalue weighted by Gasteiger charge is 2.27. The van der Waals surface area contributed by atoms with Gasteiger partial charge >= 0.3 is 0 Å². The number of amides is 1. The lowest BCUT2D eigenvalue weighted by molar-refractivity contribution is -0.110. The molecule has 2 heterocycles. The first kappa shape index (κ1) is 24.6. The lowest BCUT2D eigenvalue weighted by Crippen LogP contribution is -2.45. The van der Waals surface area contributed by atoms with Crippen molar-refractivity contribution in [2.75, 3.05) is 51.6 Å². The van der Waals surface area contributed by atoms with E-state index in [2.05, 4.69) is 39.0 Å². The molecule has 36 heavy (non-hydrogen) atoms. The molecule has 2 aliphatic carbocycles. The fourth-order valence-corrected chi connectivity index (χ4v) is 6.05. The number of hydrogen-bond donors (Lipinski definition) is 2. The SMILES string of the molecule is Cc1cc(/C=C2\C(=O)Nc3ccc(S(=O)(=O)NCCCN4CCN(C)CC4)cc32)c2cccccc1-2. The first-order chi connectivity index (χ1) is 17.3. The summed E-state index contributed by atoms with van der Waals surface area (Å²) in [6.07, 6.45) is 2.61. The van der Waals surface area contributed by atoms with Gasteiger partial charge in [-0.15, -0.1) is 0 Å². The molecular formula is C28H32N4O3S. The Morgan fingerprint density at radius 2 is 1.72 bits per heavy atom. The van der Waals surface area contributed by atoms with Crippen LogP contribution in [0.25, 0.3) is 22.8 Å². The predicted molar refractivity (Wildman–Crippen MR) is 144 cm³/mol. The minimum Gasteiger partial charge on any atom is -0.321 e. The van der Waals surface area contributed by atoms with Crippen molar-refractivity contribution in [2.45, 2.75) is 18.2 Å². The molecule has 5 rings (SSSR count). The van der Waals surface area contributed by atoms with Crippen LogP contribution in [0.2, 0.25) is 0 Å². The van der Waals surface area contributed by atoms with E-state index in [0.29, 0.717) is 23.4 Å². The van der Waals surface area contributed by atoms with Gasteiger partial charge in [0.1, 0.15) is 0 Å². The van der Waals surface area contributed by atoms with Gasteiger partial charge in [0.2, 0.25) is 10.0 Å². The molecule has 7 nitrogen and oxygen atoms in total. The third-order valence-electron chi connectivity index (χ3n) is 7.07. The van der Waals surface area contributed by atoms with Gasteiger partial charge in [-0.1, -0.05) is 36.4 Å². The average Bonchev–Trinajstić information content (AvgIpc) is 3.18. The predicted octanol–water partition coefficient (Wildman–Crippen LogP) is 3.51. The van der Waals surface area contributed by atoms with Crippen LogP contribution in [0.5, 0.6) is 0 Å². The summed E-state index contributed by atoms with van der Waals surface area (Å²) in [4.78, 5) is 17.7. The Bertz CT molecular complexity index is 1390. The van der Waals surface area contributed by atoms with Crippen molar-refractivity contribution in [1.82, 2.24) is 14.5 Å². The van der Waals surface area contributed by atoms with Gasteiger partial charge in [0.15, 0.2) is 0 Å². The number of carbonyl (C=O) groups is 1. The summed E-state index contributed by atoms with van der Waals surface area (Å²) in [6.45, 7) is 7.41. The van der Waals surface area contributed by atoms with Gasteiger partial charge in [-0.2, -0.15) is 0 Å². The quantitative estimate of drug-likeness (QED) is 0.380. The largest absolute Gasteiger partial charge is 0.321 e. The third-order valence-corrected chi connectivity index (χ3v) is 8.53. The number of anilines is 1. The van der Waals surface area contributed by atoms with E-state index in [-0.39, 0.29) is 10.8 Å². The Labute approximate surface area is 213 Å². The molecule has 2 aliphatic heterocycles. The lowest BCUT2D eigenvalue weighted by Gasteiger charge is -2.32. The monoisotopic (exact) mass is 504 g/mol. The lowest BCUT2D eigenvalue weighted by atomic mass is 10.0. The number of nitrogens with zero attached hydrogens (tertiary/aromatic N) is 2. The van der Waals surface area contributed by atoms with Crippen LogP contribution in [-0.2, 0) is 14.8 Å². The van der Waals surface area contributed by atoms with Crippen molar-refractivity contribution in [3.63, 3.8) is 0 Å². The first-order valence-corrected chi connectivity index (χ1v) is 13.9. The number of sulfonamides is 1. The van der Waals surface area contributed by atoms with E-state index >= 15 is 0 Å². The second-order valence-corrected chi connectivity index (χ2v) is 11.4. The van der Waals surface area contributed by atoms with Gasteiger partial charge in [0, 0.05) is 49.5 Å². The molecule has 1 aromatic rings. The minimum atomic E-state index is -3.69. The Balaban J connectivity index is 1.33. The van der Waals surface area contributed by atoms with Crippen LogP contribution in [-0.4, -0.2) is 70.4 Å². The number of aryl methyl sites for hydroxylation is 1. The Morgan fingerprint density at radius 1 is 0.972 bits per heavy atom. The molecule has 1 aromatic carbocycles. The third kappa shape index (κ3) is 5.08. The molecule has 1 saturated heterocycles. The topological polar surface area (TPSA) is 81.7 Å². The van der Waals surface area contributed by atoms with Gasteiger partial charge in [-0.3, -0.25) is 4.79 Å². The van der Waals surface area contributed by atoms with Crippen LogP contribution >= 0.6 is 0 Å². The summed E-state index contributed by atoms with van der Waals surface area (Å²) in [7, 11) is -1.57. The summed E-state index contributed by atoms with van der Waals surface area (Å²) in [5.41, 5.74) is 5.94. The fourth-order valence-electron chi connectivity index (χ4n) is 4.95. The van der Waals surface area contributed by atoms with Crippen molar-refractivity contribution in [1.29, 1.82) is 0 Å². The number of nitrogens with one attached hydrogen (secondary N) is 2. The summed E-state index contributed by atoms with van der Waals surface area (Å²) in [5.74, 6) is -0.230. The van der Waals surface area contributed by atoms with Gasteiger partial charge in [-0.05, 0) is 73.5 Å². The van der Waals surface area contributed by atoms with Gasteiger partial charge in [0.25, 0.3) is 5.91 Å². The molecule has 4 aliphatic rings. The number of hydrogen-bond acceptors (Lipinski definition) is 5. The van der Waals surface area contributed by atoms with E-state index < -0.39 is 10.0 Å². The number of likely N-dealkylation sites (N-methyl/N-ethyl adjacent to an activating group) is 1. The molecule has 0 spiro atoms. The highest BCUT2D eigenvalue weighted by molar-refractivity contribution is 7.89. The van der Waals surface area contributed by atoms with Crippen LogP contribution in [0.3, 0.4) is 0 Å². The molecule has 0 saturated carbocycles. The zero-order valence-electron chi connectivity index (χ0n) is 20.8. The maximum atomic E-state index is 13.0. The van der Waals surface area contributed by atoms with E-state index in [9.17, 15) is 13.2 Å². The molecule has 0 bridgehead atoms. The molecule has 0 atom stereocenters. The van der Waals surface area contributed by atoms with Crippen molar-refractivity contribution in [2.24, 2.45) is 0 Å². The normalized spacial score (nSPS) is 18.1. The summed E-state index contributed by atoms with van der Waals surface area (Å²) in [5, 5.41) is 2.87. The van der Waals surface area contributed by atoms with Crippen LogP contribution in [0.15, 0.2) is 59.5 Å². The van der Waals surface area contributed by atoms with E-state index in [1.54, 1.807) is 18.2 Å². The number of benzene rings is 1. The van der Waals surface area contributed by atoms with E-state index in [4.69, 9.17) is 0 Å². The molecule has 0 unspecified atom stereocenters. The van der Waals surface area contributed by atoms with Gasteiger partial charge in [0.05, 0.1) is 4.90 Å². The molecule has 2 N–H and O–H groups in total. The number of fused-ring (bicyclic) bond motifs is 2. The molecule has 0 aromatic heterocycles. The summed E-state index contributed by atoms with van der Waals surface area (Å²) < 4.78 is 28.8. The standard InChI is InChI=1S/C28H32N4O3S/c1-20-17-21(24-8-5-3-4-7-23(20)24)18-26-25-19-22(9-10-27(25)30-28(26)33)36(34,35)29-11-6-12-32-15-13-31(2)14-16-32/h3-5,7-10,17-19,29H,6,11-16H2,1-2H3,(H,30,33)/b26-18-. The molecule has 8 heteroatoms. The van der Waals surface area contributed by atoms with E-state index in [1.807, 2.05) is 37.3 Å². The average molecular weight is 505 g/mol. The summed E-state index contributed by atoms with van der Waals surface area (Å²) >= 11 is 0. The van der Waals surface area contributed by atoms with E-state index in [0.717, 1.165) is 61.4 Å². The van der Waals surface area contributed by atoms with E-state index in [1.165, 1.54) is 0 Å². The van der Waals surface area contributed by atoms with Crippen molar-refractivity contribution >= 4 is 33.3 Å². The Kier molecular flexibility index (Phi) is 6.94. The van der Waals surface area contributed by atoms with Crippen molar-refractivity contribution < 1.29 is 13.2 Å². The zero-order chi connectivity index (χ0) is 25.3. The zero-order valence-corrected chi connectivity index (χ0v) is 21.6. The molecule has 1 amide bonds. The van der Waals surface area contributed by atoms with Crippen LogP contribution < -0.4 is 10.0 Å². The van der Waals surface area contributed by atoms with Gasteiger partial charge < -0.3 is 15.1 Å².